The van der Waals surface area contributed by atoms with Gasteiger partial charge in [0.15, 0.2) is 11.5 Å². The molecule has 1 aromatic carbocycles. The van der Waals surface area contributed by atoms with Crippen LogP contribution in [0, 0.1) is 0 Å². The van der Waals surface area contributed by atoms with Crippen LogP contribution in [0.15, 0.2) is 18.2 Å². The Bertz CT molecular complexity index is 616. The van der Waals surface area contributed by atoms with Crippen LogP contribution in [-0.2, 0) is 4.74 Å². The number of hydrogen-bond donors (Lipinski definition) is 2. The van der Waals surface area contributed by atoms with Gasteiger partial charge in [-0.1, -0.05) is 0 Å². The standard InChI is InChI=1S/C17H23NO6/c1-17(2,3)24-16(21)18-11-8-12(9-11)23-13-6-5-10(15(19)20)7-14(13)22-4/h5-7,11-12H,8-9H2,1-4H3,(H,18,21)(H,19,20). The zero-order chi connectivity index (χ0) is 17.9. The van der Waals surface area contributed by atoms with Gasteiger partial charge in [0.2, 0.25) is 0 Å². The maximum atomic E-state index is 11.7. The minimum absolute atomic E-state index is 0.00846. The second-order valence-electron chi connectivity index (χ2n) is 6.73. The molecule has 2 N–H and O–H groups in total. The van der Waals surface area contributed by atoms with E-state index >= 15 is 0 Å². The number of rotatable bonds is 5. The number of ether oxygens (including phenoxy) is 3. The van der Waals surface area contributed by atoms with Crippen molar-refractivity contribution in [3.63, 3.8) is 0 Å². The molecule has 7 heteroatoms. The van der Waals surface area contributed by atoms with Gasteiger partial charge in [0.1, 0.15) is 11.7 Å². The van der Waals surface area contributed by atoms with Gasteiger partial charge in [0.25, 0.3) is 0 Å². The van der Waals surface area contributed by atoms with E-state index in [4.69, 9.17) is 19.3 Å². The summed E-state index contributed by atoms with van der Waals surface area (Å²) in [6, 6.07) is 4.48. The van der Waals surface area contributed by atoms with E-state index < -0.39 is 17.7 Å². The highest BCUT2D eigenvalue weighted by atomic mass is 16.6. The number of carbonyl (C=O) groups excluding carboxylic acids is 1. The van der Waals surface area contributed by atoms with E-state index in [0.717, 1.165) is 0 Å². The molecule has 0 aliphatic heterocycles. The van der Waals surface area contributed by atoms with Crippen LogP contribution >= 0.6 is 0 Å². The van der Waals surface area contributed by atoms with Crippen LogP contribution in [0.5, 0.6) is 11.5 Å². The first-order valence-corrected chi connectivity index (χ1v) is 7.75. The van der Waals surface area contributed by atoms with Gasteiger partial charge < -0.3 is 24.6 Å². The Hall–Kier alpha value is -2.44. The van der Waals surface area contributed by atoms with Crippen molar-refractivity contribution in [2.24, 2.45) is 0 Å². The second-order valence-corrected chi connectivity index (χ2v) is 6.73. The fraction of sp³-hybridized carbons (Fsp3) is 0.529. The Labute approximate surface area is 140 Å². The van der Waals surface area contributed by atoms with Crippen molar-refractivity contribution >= 4 is 12.1 Å². The largest absolute Gasteiger partial charge is 0.493 e. The van der Waals surface area contributed by atoms with Gasteiger partial charge in [-0.25, -0.2) is 9.59 Å². The van der Waals surface area contributed by atoms with Crippen molar-refractivity contribution in [1.82, 2.24) is 5.32 Å². The molecule has 1 aliphatic carbocycles. The molecule has 1 amide bonds. The smallest absolute Gasteiger partial charge is 0.407 e. The predicted molar refractivity (Wildman–Crippen MR) is 86.8 cm³/mol. The van der Waals surface area contributed by atoms with Crippen LogP contribution in [0.1, 0.15) is 44.0 Å². The van der Waals surface area contributed by atoms with E-state index in [-0.39, 0.29) is 17.7 Å². The number of carboxylic acid groups (broad SMARTS) is 1. The minimum atomic E-state index is -1.02. The summed E-state index contributed by atoms with van der Waals surface area (Å²) in [6.45, 7) is 5.44. The number of nitrogens with one attached hydrogen (secondary N) is 1. The molecule has 0 atom stereocenters. The quantitative estimate of drug-likeness (QED) is 0.858. The molecule has 7 nitrogen and oxygen atoms in total. The number of alkyl carbamates (subject to hydrolysis) is 1. The lowest BCUT2D eigenvalue weighted by molar-refractivity contribution is 0.0358. The number of carbonyl (C=O) groups is 2. The van der Waals surface area contributed by atoms with Crippen molar-refractivity contribution in [2.45, 2.75) is 51.4 Å². The average molecular weight is 337 g/mol. The van der Waals surface area contributed by atoms with E-state index in [0.29, 0.717) is 24.3 Å². The molecule has 0 heterocycles. The van der Waals surface area contributed by atoms with Crippen LogP contribution in [0.3, 0.4) is 0 Å². The topological polar surface area (TPSA) is 94.1 Å². The first-order valence-electron chi connectivity index (χ1n) is 7.75. The van der Waals surface area contributed by atoms with Crippen LogP contribution in [0.4, 0.5) is 4.79 Å². The van der Waals surface area contributed by atoms with Crippen LogP contribution in [-0.4, -0.2) is 42.0 Å². The number of benzene rings is 1. The SMILES string of the molecule is COc1cc(C(=O)O)ccc1OC1CC(NC(=O)OC(C)(C)C)C1. The second kappa shape index (κ2) is 6.98. The number of methoxy groups -OCH3 is 1. The zero-order valence-electron chi connectivity index (χ0n) is 14.3. The molecule has 0 radical (unpaired) electrons. The summed E-state index contributed by atoms with van der Waals surface area (Å²) in [7, 11) is 1.46. The number of hydrogen-bond acceptors (Lipinski definition) is 5. The lowest BCUT2D eigenvalue weighted by Crippen LogP contribution is -2.50. The fourth-order valence-corrected chi connectivity index (χ4v) is 2.33. The van der Waals surface area contributed by atoms with E-state index in [2.05, 4.69) is 5.32 Å². The maximum Gasteiger partial charge on any atom is 0.407 e. The number of carboxylic acids is 1. The third-order valence-electron chi connectivity index (χ3n) is 3.52. The molecule has 1 fully saturated rings. The molecular weight excluding hydrogens is 314 g/mol. The highest BCUT2D eigenvalue weighted by Gasteiger charge is 2.33. The predicted octanol–water partition coefficient (Wildman–Crippen LogP) is 2.83. The van der Waals surface area contributed by atoms with Crippen molar-refractivity contribution in [3.8, 4) is 11.5 Å². The first kappa shape index (κ1) is 17.9. The van der Waals surface area contributed by atoms with E-state index in [9.17, 15) is 9.59 Å². The Morgan fingerprint density at radius 2 is 1.88 bits per heavy atom. The van der Waals surface area contributed by atoms with Gasteiger partial charge in [-0.3, -0.25) is 0 Å². The molecule has 1 aromatic rings. The molecule has 0 bridgehead atoms. The van der Waals surface area contributed by atoms with Crippen molar-refractivity contribution in [3.05, 3.63) is 23.8 Å². The molecule has 0 unspecified atom stereocenters. The molecule has 0 spiro atoms. The molecule has 132 valence electrons. The van der Waals surface area contributed by atoms with Crippen molar-refractivity contribution < 1.29 is 28.9 Å². The van der Waals surface area contributed by atoms with Gasteiger partial charge in [0.05, 0.1) is 12.7 Å². The van der Waals surface area contributed by atoms with E-state index in [1.807, 2.05) is 20.8 Å². The van der Waals surface area contributed by atoms with Crippen LogP contribution in [0.25, 0.3) is 0 Å². The fourth-order valence-electron chi connectivity index (χ4n) is 2.33. The molecule has 1 saturated carbocycles. The van der Waals surface area contributed by atoms with Crippen LogP contribution < -0.4 is 14.8 Å². The molecule has 1 aliphatic rings. The summed E-state index contributed by atoms with van der Waals surface area (Å²) in [4.78, 5) is 22.6. The molecule has 0 aromatic heterocycles. The van der Waals surface area contributed by atoms with E-state index in [1.54, 1.807) is 6.07 Å². The minimum Gasteiger partial charge on any atom is -0.493 e. The molecule has 24 heavy (non-hydrogen) atoms. The van der Waals surface area contributed by atoms with Gasteiger partial charge in [-0.05, 0) is 39.0 Å². The lowest BCUT2D eigenvalue weighted by atomic mass is 9.89. The summed E-state index contributed by atoms with van der Waals surface area (Å²) >= 11 is 0. The molecular formula is C17H23NO6. The first-order chi connectivity index (χ1) is 11.2. The summed E-state index contributed by atoms with van der Waals surface area (Å²) < 4.78 is 16.2. The summed E-state index contributed by atoms with van der Waals surface area (Å²) in [5, 5.41) is 11.8. The van der Waals surface area contributed by atoms with Crippen molar-refractivity contribution in [2.75, 3.05) is 7.11 Å². The highest BCUT2D eigenvalue weighted by molar-refractivity contribution is 5.88. The number of aromatic carboxylic acids is 1. The van der Waals surface area contributed by atoms with Gasteiger partial charge in [-0.15, -0.1) is 0 Å². The summed E-state index contributed by atoms with van der Waals surface area (Å²) in [5.74, 6) is -0.160. The normalized spacial score (nSPS) is 19.8. The van der Waals surface area contributed by atoms with Crippen LogP contribution in [0.2, 0.25) is 0 Å². The average Bonchev–Trinajstić information content (AvgIpc) is 2.42. The zero-order valence-corrected chi connectivity index (χ0v) is 14.3. The summed E-state index contributed by atoms with van der Waals surface area (Å²) in [6.07, 6.45) is 0.815. The monoisotopic (exact) mass is 337 g/mol. The lowest BCUT2D eigenvalue weighted by Gasteiger charge is -2.36. The highest BCUT2D eigenvalue weighted by Crippen LogP contribution is 2.33. The summed E-state index contributed by atoms with van der Waals surface area (Å²) in [5.41, 5.74) is -0.388. The maximum absolute atomic E-state index is 11.7. The van der Waals surface area contributed by atoms with E-state index in [1.165, 1.54) is 19.2 Å². The Balaban J connectivity index is 1.85. The van der Waals surface area contributed by atoms with Gasteiger partial charge >= 0.3 is 12.1 Å². The third kappa shape index (κ3) is 4.78. The van der Waals surface area contributed by atoms with Gasteiger partial charge in [-0.2, -0.15) is 0 Å². The Morgan fingerprint density at radius 3 is 2.42 bits per heavy atom. The Morgan fingerprint density at radius 1 is 1.21 bits per heavy atom. The molecule has 2 rings (SSSR count). The molecule has 0 saturated heterocycles. The Kier molecular flexibility index (Phi) is 5.21. The third-order valence-corrected chi connectivity index (χ3v) is 3.52. The van der Waals surface area contributed by atoms with Gasteiger partial charge in [0, 0.05) is 18.9 Å². The number of amides is 1. The van der Waals surface area contributed by atoms with Crippen molar-refractivity contribution in [1.29, 1.82) is 0 Å².